The van der Waals surface area contributed by atoms with Gasteiger partial charge in [-0.3, -0.25) is 29.0 Å². The van der Waals surface area contributed by atoms with Gasteiger partial charge >= 0.3 is 0 Å². The SMILES string of the molecule is CC1=CC(=O)N(Cc2cccc(CN3C(=O)C=C(C)C3=O)c2C)C1=O. The largest absolute Gasteiger partial charge is 0.271 e. The van der Waals surface area contributed by atoms with Crippen molar-refractivity contribution in [1.82, 2.24) is 9.80 Å². The number of benzene rings is 1. The first-order chi connectivity index (χ1) is 11.8. The molecule has 0 atom stereocenters. The van der Waals surface area contributed by atoms with Crippen LogP contribution in [0, 0.1) is 6.92 Å². The van der Waals surface area contributed by atoms with E-state index >= 15 is 0 Å². The average molecular weight is 338 g/mol. The van der Waals surface area contributed by atoms with E-state index in [4.69, 9.17) is 0 Å². The van der Waals surface area contributed by atoms with E-state index < -0.39 is 0 Å². The molecule has 0 radical (unpaired) electrons. The van der Waals surface area contributed by atoms with Crippen LogP contribution >= 0.6 is 0 Å². The third-order valence-electron chi connectivity index (χ3n) is 4.59. The number of carbonyl (C=O) groups excluding carboxylic acids is 4. The zero-order valence-electron chi connectivity index (χ0n) is 14.3. The first-order valence-corrected chi connectivity index (χ1v) is 7.95. The van der Waals surface area contributed by atoms with Crippen molar-refractivity contribution in [2.75, 3.05) is 0 Å². The van der Waals surface area contributed by atoms with Crippen LogP contribution in [0.25, 0.3) is 0 Å². The molecule has 2 heterocycles. The van der Waals surface area contributed by atoms with Gasteiger partial charge in [0, 0.05) is 23.3 Å². The van der Waals surface area contributed by atoms with Gasteiger partial charge in [-0.15, -0.1) is 0 Å². The van der Waals surface area contributed by atoms with Crippen molar-refractivity contribution in [3.63, 3.8) is 0 Å². The Morgan fingerprint density at radius 2 is 1.12 bits per heavy atom. The smallest absolute Gasteiger partial charge is 0.256 e. The standard InChI is InChI=1S/C19H18N2O4/c1-11-7-16(22)20(18(11)24)9-14-5-4-6-15(13(14)3)10-21-17(23)8-12(2)19(21)25/h4-8H,9-10H2,1-3H3. The Balaban J connectivity index is 1.82. The van der Waals surface area contributed by atoms with Crippen LogP contribution in [0.3, 0.4) is 0 Å². The molecular formula is C19H18N2O4. The summed E-state index contributed by atoms with van der Waals surface area (Å²) in [4.78, 5) is 50.3. The van der Waals surface area contributed by atoms with Gasteiger partial charge in [-0.25, -0.2) is 0 Å². The molecule has 25 heavy (non-hydrogen) atoms. The van der Waals surface area contributed by atoms with Crippen LogP contribution in [-0.4, -0.2) is 33.4 Å². The number of hydrogen-bond donors (Lipinski definition) is 0. The normalized spacial score (nSPS) is 17.6. The highest BCUT2D eigenvalue weighted by atomic mass is 16.2. The van der Waals surface area contributed by atoms with Crippen molar-refractivity contribution >= 4 is 23.6 Å². The maximum atomic E-state index is 12.0. The summed E-state index contributed by atoms with van der Waals surface area (Å²) in [6, 6.07) is 5.47. The molecule has 0 saturated heterocycles. The molecule has 4 amide bonds. The number of rotatable bonds is 4. The summed E-state index contributed by atoms with van der Waals surface area (Å²) in [5.41, 5.74) is 3.33. The van der Waals surface area contributed by atoms with Crippen molar-refractivity contribution in [3.05, 3.63) is 58.2 Å². The third kappa shape index (κ3) is 2.91. The van der Waals surface area contributed by atoms with Crippen LogP contribution in [0.1, 0.15) is 30.5 Å². The molecule has 0 saturated carbocycles. The Morgan fingerprint density at radius 1 is 0.720 bits per heavy atom. The topological polar surface area (TPSA) is 74.8 Å². The molecule has 2 aliphatic rings. The molecule has 2 aliphatic heterocycles. The Kier molecular flexibility index (Phi) is 4.12. The highest BCUT2D eigenvalue weighted by Gasteiger charge is 2.30. The molecule has 0 spiro atoms. The van der Waals surface area contributed by atoms with E-state index in [0.29, 0.717) is 11.1 Å². The Hall–Kier alpha value is -3.02. The van der Waals surface area contributed by atoms with E-state index in [-0.39, 0.29) is 36.7 Å². The van der Waals surface area contributed by atoms with E-state index in [1.165, 1.54) is 22.0 Å². The second-order valence-corrected chi connectivity index (χ2v) is 6.32. The summed E-state index contributed by atoms with van der Waals surface area (Å²) >= 11 is 0. The highest BCUT2D eigenvalue weighted by Crippen LogP contribution is 2.23. The monoisotopic (exact) mass is 338 g/mol. The average Bonchev–Trinajstić information content (AvgIpc) is 2.94. The van der Waals surface area contributed by atoms with E-state index in [9.17, 15) is 19.2 Å². The minimum absolute atomic E-state index is 0.171. The minimum atomic E-state index is -0.322. The Bertz CT molecular complexity index is 811. The first-order valence-electron chi connectivity index (χ1n) is 7.95. The van der Waals surface area contributed by atoms with Crippen molar-refractivity contribution < 1.29 is 19.2 Å². The Morgan fingerprint density at radius 3 is 1.44 bits per heavy atom. The molecule has 1 aromatic carbocycles. The zero-order valence-corrected chi connectivity index (χ0v) is 14.3. The second-order valence-electron chi connectivity index (χ2n) is 6.32. The quantitative estimate of drug-likeness (QED) is 0.782. The van der Waals surface area contributed by atoms with Crippen LogP contribution in [0.5, 0.6) is 0 Å². The van der Waals surface area contributed by atoms with E-state index in [1.54, 1.807) is 19.9 Å². The van der Waals surface area contributed by atoms with Crippen molar-refractivity contribution in [3.8, 4) is 0 Å². The molecule has 6 heteroatoms. The maximum absolute atomic E-state index is 12.0. The molecule has 128 valence electrons. The number of hydrogen-bond acceptors (Lipinski definition) is 4. The molecular weight excluding hydrogens is 320 g/mol. The van der Waals surface area contributed by atoms with Gasteiger partial charge in [0.15, 0.2) is 0 Å². The van der Waals surface area contributed by atoms with Gasteiger partial charge in [-0.2, -0.15) is 0 Å². The van der Waals surface area contributed by atoms with Crippen molar-refractivity contribution in [1.29, 1.82) is 0 Å². The summed E-state index contributed by atoms with van der Waals surface area (Å²) in [5, 5.41) is 0. The summed E-state index contributed by atoms with van der Waals surface area (Å²) in [6.45, 7) is 5.43. The van der Waals surface area contributed by atoms with Crippen molar-refractivity contribution in [2.45, 2.75) is 33.9 Å². The lowest BCUT2D eigenvalue weighted by Crippen LogP contribution is -2.32. The Labute approximate surface area is 145 Å². The molecule has 0 N–H and O–H groups in total. The fourth-order valence-electron chi connectivity index (χ4n) is 3.00. The van der Waals surface area contributed by atoms with Gasteiger partial charge in [0.2, 0.25) is 0 Å². The molecule has 3 rings (SSSR count). The zero-order chi connectivity index (χ0) is 18.3. The van der Waals surface area contributed by atoms with E-state index in [0.717, 1.165) is 16.7 Å². The van der Waals surface area contributed by atoms with Gasteiger partial charge in [-0.05, 0) is 37.5 Å². The number of imide groups is 2. The van der Waals surface area contributed by atoms with Crippen LogP contribution in [0.2, 0.25) is 0 Å². The van der Waals surface area contributed by atoms with Crippen molar-refractivity contribution in [2.24, 2.45) is 0 Å². The predicted molar refractivity (Wildman–Crippen MR) is 89.8 cm³/mol. The van der Waals surface area contributed by atoms with Gasteiger partial charge in [0.05, 0.1) is 13.1 Å². The predicted octanol–water partition coefficient (Wildman–Crippen LogP) is 1.63. The van der Waals surface area contributed by atoms with Crippen LogP contribution < -0.4 is 0 Å². The molecule has 0 aromatic heterocycles. The molecule has 0 fully saturated rings. The second kappa shape index (κ2) is 6.12. The number of amides is 4. The first kappa shape index (κ1) is 16.8. The van der Waals surface area contributed by atoms with Gasteiger partial charge in [0.1, 0.15) is 0 Å². The highest BCUT2D eigenvalue weighted by molar-refractivity contribution is 6.16. The molecule has 1 aromatic rings. The van der Waals surface area contributed by atoms with Crippen LogP contribution in [0.15, 0.2) is 41.5 Å². The lowest BCUT2D eigenvalue weighted by atomic mass is 10.0. The molecule has 6 nitrogen and oxygen atoms in total. The molecule has 0 bridgehead atoms. The fraction of sp³-hybridized carbons (Fsp3) is 0.263. The molecule has 0 aliphatic carbocycles. The molecule has 0 unspecified atom stereocenters. The number of nitrogens with zero attached hydrogens (tertiary/aromatic N) is 2. The summed E-state index contributed by atoms with van der Waals surface area (Å²) in [5.74, 6) is -1.23. The fourth-order valence-corrected chi connectivity index (χ4v) is 3.00. The minimum Gasteiger partial charge on any atom is -0.271 e. The summed E-state index contributed by atoms with van der Waals surface area (Å²) < 4.78 is 0. The van der Waals surface area contributed by atoms with Gasteiger partial charge < -0.3 is 0 Å². The van der Waals surface area contributed by atoms with Gasteiger partial charge in [-0.1, -0.05) is 18.2 Å². The van der Waals surface area contributed by atoms with Crippen LogP contribution in [0.4, 0.5) is 0 Å². The lowest BCUT2D eigenvalue weighted by molar-refractivity contribution is -0.139. The van der Waals surface area contributed by atoms with Gasteiger partial charge in [0.25, 0.3) is 23.6 Å². The lowest BCUT2D eigenvalue weighted by Gasteiger charge is -2.20. The maximum Gasteiger partial charge on any atom is 0.256 e. The van der Waals surface area contributed by atoms with E-state index in [2.05, 4.69) is 0 Å². The summed E-state index contributed by atoms with van der Waals surface area (Å²) in [7, 11) is 0. The number of carbonyl (C=O) groups is 4. The summed E-state index contributed by atoms with van der Waals surface area (Å²) in [6.07, 6.45) is 2.66. The van der Waals surface area contributed by atoms with Crippen LogP contribution in [-0.2, 0) is 32.3 Å². The third-order valence-corrected chi connectivity index (χ3v) is 4.59. The van der Waals surface area contributed by atoms with E-state index in [1.807, 2.05) is 19.1 Å².